The number of nitrogens with one attached hydrogen (secondary N) is 1. The lowest BCUT2D eigenvalue weighted by molar-refractivity contribution is 0.279. The maximum absolute atomic E-state index is 4.38. The van der Waals surface area contributed by atoms with E-state index in [0.29, 0.717) is 6.04 Å². The number of nitrogens with zero attached hydrogens (tertiary/aromatic N) is 1. The Balaban J connectivity index is 2.16. The summed E-state index contributed by atoms with van der Waals surface area (Å²) in [5.74, 6) is 1.54. The van der Waals surface area contributed by atoms with Crippen LogP contribution in [-0.4, -0.2) is 18.1 Å². The highest BCUT2D eigenvalue weighted by atomic mass is 32.1. The average molecular weight is 224 g/mol. The molecule has 0 saturated heterocycles. The van der Waals surface area contributed by atoms with Crippen molar-refractivity contribution in [2.45, 2.75) is 45.1 Å². The van der Waals surface area contributed by atoms with Crippen LogP contribution in [0.1, 0.15) is 42.7 Å². The molecule has 1 heterocycles. The van der Waals surface area contributed by atoms with Crippen molar-refractivity contribution in [3.63, 3.8) is 0 Å². The summed E-state index contributed by atoms with van der Waals surface area (Å²) >= 11 is 1.83. The Morgan fingerprint density at radius 2 is 2.27 bits per heavy atom. The largest absolute Gasteiger partial charge is 0.317 e. The normalized spacial score (nSPS) is 31.8. The fourth-order valence-electron chi connectivity index (χ4n) is 2.62. The molecule has 3 heteroatoms. The van der Waals surface area contributed by atoms with Crippen molar-refractivity contribution in [1.29, 1.82) is 0 Å². The second kappa shape index (κ2) is 4.62. The van der Waals surface area contributed by atoms with Crippen LogP contribution in [0, 0.1) is 12.8 Å². The van der Waals surface area contributed by atoms with Crippen LogP contribution in [0.15, 0.2) is 5.51 Å². The molecule has 84 valence electrons. The molecule has 3 unspecified atom stereocenters. The Hall–Kier alpha value is -0.410. The first kappa shape index (κ1) is 11.1. The van der Waals surface area contributed by atoms with Gasteiger partial charge >= 0.3 is 0 Å². The second-order valence-electron chi connectivity index (χ2n) is 4.68. The summed E-state index contributed by atoms with van der Waals surface area (Å²) in [6, 6.07) is 0.702. The van der Waals surface area contributed by atoms with Crippen LogP contribution in [-0.2, 0) is 0 Å². The minimum absolute atomic E-state index is 0.702. The maximum Gasteiger partial charge on any atom is 0.0797 e. The summed E-state index contributed by atoms with van der Waals surface area (Å²) in [7, 11) is 2.08. The van der Waals surface area contributed by atoms with E-state index in [0.717, 1.165) is 11.8 Å². The van der Waals surface area contributed by atoms with E-state index in [-0.39, 0.29) is 0 Å². The molecular formula is C12H20N2S. The molecule has 0 radical (unpaired) electrons. The standard InChI is InChI=1S/C12H20N2S/c1-8-4-5-10(13-3)6-11(8)12-9(2)14-7-15-12/h7-8,10-11,13H,4-6H2,1-3H3. The molecule has 1 saturated carbocycles. The number of hydrogen-bond donors (Lipinski definition) is 1. The Bertz CT molecular complexity index is 321. The van der Waals surface area contributed by atoms with Crippen molar-refractivity contribution >= 4 is 11.3 Å². The molecule has 1 N–H and O–H groups in total. The highest BCUT2D eigenvalue weighted by Gasteiger charge is 2.29. The highest BCUT2D eigenvalue weighted by Crippen LogP contribution is 2.40. The first-order valence-corrected chi connectivity index (χ1v) is 6.67. The van der Waals surface area contributed by atoms with Crippen molar-refractivity contribution in [1.82, 2.24) is 10.3 Å². The van der Waals surface area contributed by atoms with Crippen LogP contribution in [0.5, 0.6) is 0 Å². The van der Waals surface area contributed by atoms with Crippen molar-refractivity contribution in [3.8, 4) is 0 Å². The van der Waals surface area contributed by atoms with Crippen LogP contribution in [0.25, 0.3) is 0 Å². The van der Waals surface area contributed by atoms with Gasteiger partial charge in [-0.1, -0.05) is 6.92 Å². The van der Waals surface area contributed by atoms with E-state index in [1.54, 1.807) is 0 Å². The van der Waals surface area contributed by atoms with Crippen LogP contribution in [0.4, 0.5) is 0 Å². The summed E-state index contributed by atoms with van der Waals surface area (Å²) in [4.78, 5) is 5.89. The van der Waals surface area contributed by atoms with E-state index in [1.807, 2.05) is 16.8 Å². The first-order chi connectivity index (χ1) is 7.22. The van der Waals surface area contributed by atoms with E-state index in [2.05, 4.69) is 31.2 Å². The molecule has 1 aromatic rings. The molecule has 0 amide bonds. The number of thiazole rings is 1. The molecule has 0 spiro atoms. The Morgan fingerprint density at radius 3 is 2.87 bits per heavy atom. The molecule has 15 heavy (non-hydrogen) atoms. The summed E-state index contributed by atoms with van der Waals surface area (Å²) in [5.41, 5.74) is 3.23. The van der Waals surface area contributed by atoms with Crippen molar-refractivity contribution in [2.24, 2.45) is 5.92 Å². The summed E-state index contributed by atoms with van der Waals surface area (Å²) in [6.07, 6.45) is 3.94. The van der Waals surface area contributed by atoms with Gasteiger partial charge in [-0.2, -0.15) is 0 Å². The lowest BCUT2D eigenvalue weighted by atomic mass is 9.77. The second-order valence-corrected chi connectivity index (χ2v) is 5.57. The van der Waals surface area contributed by atoms with Gasteiger partial charge in [-0.15, -0.1) is 11.3 Å². The van der Waals surface area contributed by atoms with Gasteiger partial charge in [0.2, 0.25) is 0 Å². The van der Waals surface area contributed by atoms with Gasteiger partial charge in [0, 0.05) is 10.9 Å². The molecule has 0 aliphatic heterocycles. The first-order valence-electron chi connectivity index (χ1n) is 5.79. The topological polar surface area (TPSA) is 24.9 Å². The van der Waals surface area contributed by atoms with Crippen LogP contribution in [0.3, 0.4) is 0 Å². The quantitative estimate of drug-likeness (QED) is 0.835. The van der Waals surface area contributed by atoms with Gasteiger partial charge in [-0.25, -0.2) is 4.98 Å². The predicted molar refractivity (Wildman–Crippen MR) is 65.5 cm³/mol. The summed E-state index contributed by atoms with van der Waals surface area (Å²) in [5, 5.41) is 3.42. The van der Waals surface area contributed by atoms with E-state index in [9.17, 15) is 0 Å². The zero-order chi connectivity index (χ0) is 10.8. The molecule has 2 nitrogen and oxygen atoms in total. The smallest absolute Gasteiger partial charge is 0.0797 e. The van der Waals surface area contributed by atoms with Crippen molar-refractivity contribution in [3.05, 3.63) is 16.1 Å². The Kier molecular flexibility index (Phi) is 3.42. The SMILES string of the molecule is CNC1CCC(C)C(c2scnc2C)C1. The molecule has 1 aromatic heterocycles. The van der Waals surface area contributed by atoms with Gasteiger partial charge in [0.15, 0.2) is 0 Å². The average Bonchev–Trinajstić information content (AvgIpc) is 2.65. The summed E-state index contributed by atoms with van der Waals surface area (Å²) < 4.78 is 0. The summed E-state index contributed by atoms with van der Waals surface area (Å²) in [6.45, 7) is 4.53. The van der Waals surface area contributed by atoms with Crippen molar-refractivity contribution in [2.75, 3.05) is 7.05 Å². The van der Waals surface area contributed by atoms with Gasteiger partial charge < -0.3 is 5.32 Å². The van der Waals surface area contributed by atoms with Crippen LogP contribution in [0.2, 0.25) is 0 Å². The van der Waals surface area contributed by atoms with Gasteiger partial charge in [-0.3, -0.25) is 0 Å². The third kappa shape index (κ3) is 2.23. The zero-order valence-electron chi connectivity index (χ0n) is 9.79. The Labute approximate surface area is 96.1 Å². The van der Waals surface area contributed by atoms with Crippen molar-refractivity contribution < 1.29 is 0 Å². The molecule has 1 aliphatic rings. The number of aryl methyl sites for hydroxylation is 1. The molecule has 1 aliphatic carbocycles. The van der Waals surface area contributed by atoms with Gasteiger partial charge in [0.05, 0.1) is 11.2 Å². The van der Waals surface area contributed by atoms with Gasteiger partial charge in [0.1, 0.15) is 0 Å². The Morgan fingerprint density at radius 1 is 1.47 bits per heavy atom. The monoisotopic (exact) mass is 224 g/mol. The van der Waals surface area contributed by atoms with E-state index in [1.165, 1.54) is 29.8 Å². The molecule has 2 rings (SSSR count). The molecular weight excluding hydrogens is 204 g/mol. The number of hydrogen-bond acceptors (Lipinski definition) is 3. The van der Waals surface area contributed by atoms with Gasteiger partial charge in [-0.05, 0) is 45.1 Å². The lowest BCUT2D eigenvalue weighted by Crippen LogP contribution is -2.33. The van der Waals surface area contributed by atoms with E-state index < -0.39 is 0 Å². The number of rotatable bonds is 2. The minimum Gasteiger partial charge on any atom is -0.317 e. The molecule has 0 bridgehead atoms. The fraction of sp³-hybridized carbons (Fsp3) is 0.750. The molecule has 3 atom stereocenters. The predicted octanol–water partition coefficient (Wildman–Crippen LogP) is 2.94. The third-order valence-electron chi connectivity index (χ3n) is 3.72. The molecule has 0 aromatic carbocycles. The third-order valence-corrected chi connectivity index (χ3v) is 4.79. The van der Waals surface area contributed by atoms with Crippen LogP contribution >= 0.6 is 11.3 Å². The van der Waals surface area contributed by atoms with E-state index >= 15 is 0 Å². The lowest BCUT2D eigenvalue weighted by Gasteiger charge is -2.33. The van der Waals surface area contributed by atoms with Gasteiger partial charge in [0.25, 0.3) is 0 Å². The minimum atomic E-state index is 0.702. The maximum atomic E-state index is 4.38. The fourth-order valence-corrected chi connectivity index (χ4v) is 3.67. The zero-order valence-corrected chi connectivity index (χ0v) is 10.6. The highest BCUT2D eigenvalue weighted by molar-refractivity contribution is 7.09. The van der Waals surface area contributed by atoms with E-state index in [4.69, 9.17) is 0 Å². The molecule has 1 fully saturated rings. The van der Waals surface area contributed by atoms with Crippen LogP contribution < -0.4 is 5.32 Å². The number of aromatic nitrogens is 1.